The summed E-state index contributed by atoms with van der Waals surface area (Å²) in [5.41, 5.74) is 2.47. The Morgan fingerprint density at radius 2 is 1.00 bits per heavy atom. The molecule has 0 spiro atoms. The van der Waals surface area contributed by atoms with Crippen LogP contribution in [0.2, 0.25) is 0 Å². The van der Waals surface area contributed by atoms with Crippen molar-refractivity contribution in [1.29, 1.82) is 0 Å². The summed E-state index contributed by atoms with van der Waals surface area (Å²) >= 11 is 0. The van der Waals surface area contributed by atoms with E-state index < -0.39 is 11.9 Å². The Balaban J connectivity index is 1.64. The van der Waals surface area contributed by atoms with Gasteiger partial charge in [-0.05, 0) is 0 Å². The third kappa shape index (κ3) is 10.4. The molecule has 6 nitrogen and oxygen atoms in total. The first kappa shape index (κ1) is 25.3. The Hall–Kier alpha value is -2.96. The number of esters is 2. The SMILES string of the molecule is C[N+](C)(CCOC(=O)/C=C/C(=O)OCC[N+](C)(C)Cc1ccccc1)Cc1ccccc1. The predicted molar refractivity (Wildman–Crippen MR) is 125 cm³/mol. The molecule has 0 heterocycles. The van der Waals surface area contributed by atoms with Gasteiger partial charge in [0.1, 0.15) is 39.4 Å². The molecule has 6 heteroatoms. The Morgan fingerprint density at radius 3 is 1.34 bits per heavy atom. The molecule has 172 valence electrons. The zero-order valence-electron chi connectivity index (χ0n) is 19.7. The summed E-state index contributed by atoms with van der Waals surface area (Å²) in [6.07, 6.45) is 2.26. The number of carbonyl (C=O) groups is 2. The van der Waals surface area contributed by atoms with Crippen LogP contribution in [0.25, 0.3) is 0 Å². The Bertz CT molecular complexity index is 804. The summed E-state index contributed by atoms with van der Waals surface area (Å²) in [5, 5.41) is 0. The van der Waals surface area contributed by atoms with Gasteiger partial charge in [-0.3, -0.25) is 0 Å². The number of quaternary nitrogens is 2. The van der Waals surface area contributed by atoms with Crippen LogP contribution in [0.3, 0.4) is 0 Å². The third-order valence-corrected chi connectivity index (χ3v) is 5.14. The van der Waals surface area contributed by atoms with Crippen LogP contribution >= 0.6 is 0 Å². The van der Waals surface area contributed by atoms with Crippen LogP contribution in [-0.2, 0) is 32.2 Å². The lowest BCUT2D eigenvalue weighted by Crippen LogP contribution is -2.41. The van der Waals surface area contributed by atoms with E-state index in [0.717, 1.165) is 25.2 Å². The topological polar surface area (TPSA) is 52.6 Å². The van der Waals surface area contributed by atoms with Gasteiger partial charge in [-0.1, -0.05) is 60.7 Å². The minimum absolute atomic E-state index is 0.281. The summed E-state index contributed by atoms with van der Waals surface area (Å²) in [6.45, 7) is 3.60. The minimum atomic E-state index is -0.540. The molecule has 0 N–H and O–H groups in total. The van der Waals surface area contributed by atoms with Gasteiger partial charge in [0, 0.05) is 23.3 Å². The van der Waals surface area contributed by atoms with Crippen molar-refractivity contribution in [2.75, 3.05) is 54.5 Å². The highest BCUT2D eigenvalue weighted by Gasteiger charge is 2.17. The predicted octanol–water partition coefficient (Wildman–Crippen LogP) is 3.18. The summed E-state index contributed by atoms with van der Waals surface area (Å²) in [6, 6.07) is 20.4. The van der Waals surface area contributed by atoms with Gasteiger partial charge in [0.05, 0.1) is 28.2 Å². The summed E-state index contributed by atoms with van der Waals surface area (Å²) in [4.78, 5) is 23.8. The molecule has 2 rings (SSSR count). The van der Waals surface area contributed by atoms with E-state index >= 15 is 0 Å². The summed E-state index contributed by atoms with van der Waals surface area (Å²) in [7, 11) is 8.36. The first-order valence-electron chi connectivity index (χ1n) is 10.9. The number of rotatable bonds is 12. The van der Waals surface area contributed by atoms with E-state index in [1.807, 2.05) is 36.4 Å². The molecule has 0 aliphatic heterocycles. The number of carbonyl (C=O) groups excluding carboxylic acids is 2. The molecule has 0 saturated carbocycles. The highest BCUT2D eigenvalue weighted by molar-refractivity contribution is 5.91. The molecule has 0 aromatic heterocycles. The Kier molecular flexibility index (Phi) is 9.62. The molecule has 0 bridgehead atoms. The van der Waals surface area contributed by atoms with Gasteiger partial charge >= 0.3 is 11.9 Å². The lowest BCUT2D eigenvalue weighted by molar-refractivity contribution is -0.903. The molecule has 2 aromatic rings. The smallest absolute Gasteiger partial charge is 0.331 e. The van der Waals surface area contributed by atoms with Gasteiger partial charge in [-0.2, -0.15) is 0 Å². The van der Waals surface area contributed by atoms with Gasteiger partial charge in [0.25, 0.3) is 0 Å². The van der Waals surface area contributed by atoms with Crippen LogP contribution in [0.4, 0.5) is 0 Å². The largest absolute Gasteiger partial charge is 0.457 e. The van der Waals surface area contributed by atoms with Crippen molar-refractivity contribution in [3.63, 3.8) is 0 Å². The van der Waals surface area contributed by atoms with E-state index in [0.29, 0.717) is 22.1 Å². The number of likely N-dealkylation sites (N-methyl/N-ethyl adjacent to an activating group) is 2. The van der Waals surface area contributed by atoms with E-state index in [1.54, 1.807) is 0 Å². The second-order valence-corrected chi connectivity index (χ2v) is 9.27. The van der Waals surface area contributed by atoms with E-state index in [4.69, 9.17) is 9.47 Å². The van der Waals surface area contributed by atoms with Crippen LogP contribution < -0.4 is 0 Å². The third-order valence-electron chi connectivity index (χ3n) is 5.14. The quantitative estimate of drug-likeness (QED) is 0.289. The number of benzene rings is 2. The molecular formula is C26H36N2O4+2. The standard InChI is InChI=1S/C26H36N2O4/c1-27(2,21-23-11-7-5-8-12-23)17-19-31-25(29)15-16-26(30)32-20-18-28(3,4)22-24-13-9-6-10-14-24/h5-16H,17-22H2,1-4H3/q+2/b16-15+. The normalized spacial score (nSPS) is 12.0. The lowest BCUT2D eigenvalue weighted by Gasteiger charge is -2.29. The molecular weight excluding hydrogens is 404 g/mol. The van der Waals surface area contributed by atoms with Crippen LogP contribution in [0.15, 0.2) is 72.8 Å². The first-order chi connectivity index (χ1) is 15.2. The first-order valence-corrected chi connectivity index (χ1v) is 10.9. The molecule has 0 fully saturated rings. The maximum Gasteiger partial charge on any atom is 0.331 e. The zero-order valence-corrected chi connectivity index (χ0v) is 19.7. The Labute approximate surface area is 191 Å². The monoisotopic (exact) mass is 440 g/mol. The van der Waals surface area contributed by atoms with Crippen LogP contribution in [0.1, 0.15) is 11.1 Å². The molecule has 0 aliphatic rings. The van der Waals surface area contributed by atoms with Gasteiger partial charge in [-0.15, -0.1) is 0 Å². The Morgan fingerprint density at radius 1 is 0.656 bits per heavy atom. The molecule has 0 atom stereocenters. The fourth-order valence-corrected chi connectivity index (χ4v) is 3.33. The molecule has 0 unspecified atom stereocenters. The molecule has 2 aromatic carbocycles. The second kappa shape index (κ2) is 12.2. The number of nitrogens with zero attached hydrogens (tertiary/aromatic N) is 2. The van der Waals surface area contributed by atoms with Crippen molar-refractivity contribution >= 4 is 11.9 Å². The number of hydrogen-bond acceptors (Lipinski definition) is 4. The zero-order chi connectivity index (χ0) is 23.5. The average Bonchev–Trinajstić information content (AvgIpc) is 2.73. The van der Waals surface area contributed by atoms with E-state index in [-0.39, 0.29) is 13.2 Å². The fraction of sp³-hybridized carbons (Fsp3) is 0.385. The van der Waals surface area contributed by atoms with Crippen molar-refractivity contribution in [2.24, 2.45) is 0 Å². The van der Waals surface area contributed by atoms with Gasteiger partial charge in [0.2, 0.25) is 0 Å². The number of hydrogen-bond donors (Lipinski definition) is 0. The summed E-state index contributed by atoms with van der Waals surface area (Å²) in [5.74, 6) is -1.08. The van der Waals surface area contributed by atoms with Crippen LogP contribution in [0, 0.1) is 0 Å². The number of ether oxygens (including phenoxy) is 2. The maximum atomic E-state index is 11.9. The van der Waals surface area contributed by atoms with Crippen molar-refractivity contribution < 1.29 is 28.0 Å². The maximum absolute atomic E-state index is 11.9. The molecule has 0 radical (unpaired) electrons. The van der Waals surface area contributed by atoms with E-state index in [9.17, 15) is 9.59 Å². The van der Waals surface area contributed by atoms with Crippen molar-refractivity contribution in [1.82, 2.24) is 0 Å². The van der Waals surface area contributed by atoms with Crippen LogP contribution in [0.5, 0.6) is 0 Å². The minimum Gasteiger partial charge on any atom is -0.457 e. The molecule has 0 amide bonds. The van der Waals surface area contributed by atoms with Crippen LogP contribution in [-0.4, -0.2) is 75.4 Å². The molecule has 0 aliphatic carbocycles. The van der Waals surface area contributed by atoms with E-state index in [1.165, 1.54) is 11.1 Å². The molecule has 32 heavy (non-hydrogen) atoms. The highest BCUT2D eigenvalue weighted by Crippen LogP contribution is 2.09. The van der Waals surface area contributed by atoms with Crippen molar-refractivity contribution in [2.45, 2.75) is 13.1 Å². The van der Waals surface area contributed by atoms with Crippen molar-refractivity contribution in [3.05, 3.63) is 83.9 Å². The second-order valence-electron chi connectivity index (χ2n) is 9.27. The lowest BCUT2D eigenvalue weighted by atomic mass is 10.2. The van der Waals surface area contributed by atoms with Crippen molar-refractivity contribution in [3.8, 4) is 0 Å². The highest BCUT2D eigenvalue weighted by atomic mass is 16.5. The summed E-state index contributed by atoms with van der Waals surface area (Å²) < 4.78 is 11.9. The fourth-order valence-electron chi connectivity index (χ4n) is 3.33. The van der Waals surface area contributed by atoms with Gasteiger partial charge < -0.3 is 18.4 Å². The average molecular weight is 441 g/mol. The van der Waals surface area contributed by atoms with E-state index in [2.05, 4.69) is 52.5 Å². The molecule has 0 saturated heterocycles. The van der Waals surface area contributed by atoms with Gasteiger partial charge in [-0.25, -0.2) is 9.59 Å². The van der Waals surface area contributed by atoms with Gasteiger partial charge in [0.15, 0.2) is 0 Å².